The topological polar surface area (TPSA) is 0 Å². The van der Waals surface area contributed by atoms with E-state index in [-0.39, 0.29) is 0 Å². The van der Waals surface area contributed by atoms with Gasteiger partial charge < -0.3 is 0 Å². The molecule has 0 unspecified atom stereocenters. The van der Waals surface area contributed by atoms with Crippen LogP contribution in [0.15, 0.2) is 48.1 Å². The fourth-order valence-electron chi connectivity index (χ4n) is 1.71. The molecule has 88 valence electrons. The normalized spacial score (nSPS) is 11.8. The molecule has 1 aromatic rings. The van der Waals surface area contributed by atoms with Crippen molar-refractivity contribution in [2.45, 2.75) is 41.0 Å². The second-order valence-electron chi connectivity index (χ2n) is 3.24. The fraction of sp³-hybridized carbons (Fsp3) is 0.375. The molecule has 0 N–H and O–H groups in total. The summed E-state index contributed by atoms with van der Waals surface area (Å²) in [6.07, 6.45) is 5.47. The highest BCUT2D eigenvalue weighted by Crippen LogP contribution is 2.24. The lowest BCUT2D eigenvalue weighted by Crippen LogP contribution is -1.88. The Morgan fingerprint density at radius 3 is 1.94 bits per heavy atom. The first-order valence-electron chi connectivity index (χ1n) is 6.20. The number of hydrogen-bond donors (Lipinski definition) is 0. The molecular formula is C16H24. The molecule has 0 radical (unpaired) electrons. The minimum atomic E-state index is 1.09. The van der Waals surface area contributed by atoms with Crippen molar-refractivity contribution in [1.29, 1.82) is 0 Å². The molecule has 16 heavy (non-hydrogen) atoms. The van der Waals surface area contributed by atoms with Gasteiger partial charge in [0.05, 0.1) is 0 Å². The summed E-state index contributed by atoms with van der Waals surface area (Å²) in [7, 11) is 0. The van der Waals surface area contributed by atoms with Gasteiger partial charge in [0.2, 0.25) is 0 Å². The van der Waals surface area contributed by atoms with Gasteiger partial charge in [-0.25, -0.2) is 0 Å². The van der Waals surface area contributed by atoms with Crippen LogP contribution in [0.4, 0.5) is 0 Å². The highest BCUT2D eigenvalue weighted by molar-refractivity contribution is 5.78. The van der Waals surface area contributed by atoms with Gasteiger partial charge in [0, 0.05) is 0 Å². The van der Waals surface area contributed by atoms with Gasteiger partial charge in [-0.3, -0.25) is 0 Å². The van der Waals surface area contributed by atoms with Crippen molar-refractivity contribution in [1.82, 2.24) is 0 Å². The Kier molecular flexibility index (Phi) is 8.24. The van der Waals surface area contributed by atoms with Crippen LogP contribution in [0.5, 0.6) is 0 Å². The van der Waals surface area contributed by atoms with Crippen LogP contribution >= 0.6 is 0 Å². The van der Waals surface area contributed by atoms with Crippen LogP contribution in [-0.4, -0.2) is 0 Å². The number of benzene rings is 1. The lowest BCUT2D eigenvalue weighted by atomic mass is 9.96. The zero-order valence-electron chi connectivity index (χ0n) is 11.2. The van der Waals surface area contributed by atoms with E-state index in [1.165, 1.54) is 16.7 Å². The molecular weight excluding hydrogens is 192 g/mol. The second-order valence-corrected chi connectivity index (χ2v) is 3.24. The highest BCUT2D eigenvalue weighted by atomic mass is 14.1. The molecule has 0 nitrogen and oxygen atoms in total. The zero-order chi connectivity index (χ0) is 12.4. The third-order valence-electron chi connectivity index (χ3n) is 2.45. The van der Waals surface area contributed by atoms with Crippen molar-refractivity contribution in [3.8, 4) is 0 Å². The number of allylic oxidation sites excluding steroid dienone is 4. The maximum absolute atomic E-state index is 2.20. The molecule has 0 aromatic heterocycles. The summed E-state index contributed by atoms with van der Waals surface area (Å²) in [5.74, 6) is 0. The highest BCUT2D eigenvalue weighted by Gasteiger charge is 2.02. The van der Waals surface area contributed by atoms with Gasteiger partial charge in [0.1, 0.15) is 0 Å². The third kappa shape index (κ3) is 4.06. The van der Waals surface area contributed by atoms with Crippen molar-refractivity contribution in [3.05, 3.63) is 53.6 Å². The molecule has 0 bridgehead atoms. The lowest BCUT2D eigenvalue weighted by Gasteiger charge is -2.09. The van der Waals surface area contributed by atoms with E-state index in [1.807, 2.05) is 13.8 Å². The van der Waals surface area contributed by atoms with Gasteiger partial charge in [-0.1, -0.05) is 63.3 Å². The molecule has 0 saturated heterocycles. The summed E-state index contributed by atoms with van der Waals surface area (Å²) < 4.78 is 0. The Morgan fingerprint density at radius 2 is 1.56 bits per heavy atom. The molecule has 0 aliphatic rings. The van der Waals surface area contributed by atoms with Gasteiger partial charge >= 0.3 is 0 Å². The molecule has 1 aromatic carbocycles. The monoisotopic (exact) mass is 216 g/mol. The Labute approximate surface area is 101 Å². The molecule has 0 aliphatic heterocycles. The van der Waals surface area contributed by atoms with Crippen LogP contribution < -0.4 is 0 Å². The minimum absolute atomic E-state index is 1.09. The number of hydrogen-bond acceptors (Lipinski definition) is 0. The molecule has 0 aliphatic carbocycles. The quantitative estimate of drug-likeness (QED) is 0.587. The average molecular weight is 216 g/mol. The lowest BCUT2D eigenvalue weighted by molar-refractivity contribution is 1.15. The van der Waals surface area contributed by atoms with Gasteiger partial charge in [0.25, 0.3) is 0 Å². The van der Waals surface area contributed by atoms with Crippen LogP contribution in [0.3, 0.4) is 0 Å². The van der Waals surface area contributed by atoms with E-state index < -0.39 is 0 Å². The Balaban J connectivity index is 0.00000106. The van der Waals surface area contributed by atoms with Crippen molar-refractivity contribution in [2.75, 3.05) is 0 Å². The maximum Gasteiger partial charge on any atom is -0.0185 e. The number of rotatable bonds is 3. The summed E-state index contributed by atoms with van der Waals surface area (Å²) in [4.78, 5) is 0. The van der Waals surface area contributed by atoms with Crippen molar-refractivity contribution >= 4 is 5.57 Å². The van der Waals surface area contributed by atoms with Crippen LogP contribution in [0.1, 0.15) is 46.6 Å². The van der Waals surface area contributed by atoms with Crippen molar-refractivity contribution in [3.63, 3.8) is 0 Å². The minimum Gasteiger partial charge on any atom is -0.0838 e. The Morgan fingerprint density at radius 1 is 1.00 bits per heavy atom. The largest absolute Gasteiger partial charge is 0.0838 e. The third-order valence-corrected chi connectivity index (χ3v) is 2.45. The SMILES string of the molecule is C/C=C(CC)\C(=C/C)c1ccccc1.CC. The molecule has 0 spiro atoms. The molecule has 0 saturated carbocycles. The summed E-state index contributed by atoms with van der Waals surface area (Å²) in [6, 6.07) is 10.5. The van der Waals surface area contributed by atoms with E-state index >= 15 is 0 Å². The molecule has 0 heterocycles. The first-order valence-corrected chi connectivity index (χ1v) is 6.20. The maximum atomic E-state index is 2.20. The average Bonchev–Trinajstić information content (AvgIpc) is 2.39. The standard InChI is InChI=1S/C14H18.C2H6/c1-4-12(5-2)14(6-3)13-10-8-7-9-11-13;1-2/h4,6-11H,5H2,1-3H3;1-2H3/b12-4-,14-6+;. The molecule has 0 amide bonds. The van der Waals surface area contributed by atoms with E-state index in [1.54, 1.807) is 0 Å². The van der Waals surface area contributed by atoms with Crippen molar-refractivity contribution in [2.24, 2.45) is 0 Å². The Hall–Kier alpha value is -1.30. The van der Waals surface area contributed by atoms with E-state index in [2.05, 4.69) is 63.3 Å². The summed E-state index contributed by atoms with van der Waals surface area (Å²) in [5, 5.41) is 0. The van der Waals surface area contributed by atoms with Crippen LogP contribution in [-0.2, 0) is 0 Å². The van der Waals surface area contributed by atoms with E-state index in [9.17, 15) is 0 Å². The first kappa shape index (κ1) is 14.7. The van der Waals surface area contributed by atoms with Gasteiger partial charge in [0.15, 0.2) is 0 Å². The summed E-state index contributed by atoms with van der Waals surface area (Å²) >= 11 is 0. The summed E-state index contributed by atoms with van der Waals surface area (Å²) in [5.41, 5.74) is 4.08. The molecule has 1 rings (SSSR count). The van der Waals surface area contributed by atoms with Crippen molar-refractivity contribution < 1.29 is 0 Å². The molecule has 0 heteroatoms. The van der Waals surface area contributed by atoms with Crippen LogP contribution in [0.25, 0.3) is 5.57 Å². The summed E-state index contributed by atoms with van der Waals surface area (Å²) in [6.45, 7) is 10.4. The van der Waals surface area contributed by atoms with E-state index in [0.717, 1.165) is 6.42 Å². The van der Waals surface area contributed by atoms with Crippen LogP contribution in [0.2, 0.25) is 0 Å². The predicted octanol–water partition coefficient (Wildman–Crippen LogP) is 5.47. The second kappa shape index (κ2) is 8.96. The van der Waals surface area contributed by atoms with Gasteiger partial charge in [-0.15, -0.1) is 0 Å². The molecule has 0 atom stereocenters. The van der Waals surface area contributed by atoms with Gasteiger partial charge in [-0.05, 0) is 37.0 Å². The Bertz CT molecular complexity index is 328. The van der Waals surface area contributed by atoms with E-state index in [4.69, 9.17) is 0 Å². The zero-order valence-corrected chi connectivity index (χ0v) is 11.2. The smallest absolute Gasteiger partial charge is 0.0185 e. The predicted molar refractivity (Wildman–Crippen MR) is 75.5 cm³/mol. The fourth-order valence-corrected chi connectivity index (χ4v) is 1.71. The van der Waals surface area contributed by atoms with Crippen LogP contribution in [0, 0.1) is 0 Å². The molecule has 0 fully saturated rings. The van der Waals surface area contributed by atoms with Gasteiger partial charge in [-0.2, -0.15) is 0 Å². The van der Waals surface area contributed by atoms with E-state index in [0.29, 0.717) is 0 Å². The first-order chi connectivity index (χ1) is 7.83.